The molecule has 182 valence electrons. The highest BCUT2D eigenvalue weighted by molar-refractivity contribution is 5.75. The second kappa shape index (κ2) is 12.7. The highest BCUT2D eigenvalue weighted by Crippen LogP contribution is 2.29. The minimum absolute atomic E-state index is 0.133. The lowest BCUT2D eigenvalue weighted by molar-refractivity contribution is -0.133. The van der Waals surface area contributed by atoms with Gasteiger partial charge >= 0.3 is 0 Å². The number of aromatic nitrogens is 3. The van der Waals surface area contributed by atoms with E-state index in [0.717, 1.165) is 68.9 Å². The zero-order chi connectivity index (χ0) is 22.9. The van der Waals surface area contributed by atoms with Crippen molar-refractivity contribution in [3.05, 3.63) is 12.4 Å². The smallest absolute Gasteiger partial charge is 0.246 e. The Labute approximate surface area is 194 Å². The second-order valence-electron chi connectivity index (χ2n) is 10.1. The molecule has 3 aliphatic heterocycles. The molecule has 1 amide bonds. The van der Waals surface area contributed by atoms with Crippen molar-refractivity contribution in [1.82, 2.24) is 24.8 Å². The molecule has 4 heterocycles. The van der Waals surface area contributed by atoms with Crippen LogP contribution in [0.5, 0.6) is 0 Å². The van der Waals surface area contributed by atoms with Gasteiger partial charge in [-0.25, -0.2) is 0 Å². The van der Waals surface area contributed by atoms with E-state index in [0.29, 0.717) is 0 Å². The molecule has 0 N–H and O–H groups in total. The molecule has 3 aliphatic rings. The van der Waals surface area contributed by atoms with Gasteiger partial charge in [0.25, 0.3) is 0 Å². The summed E-state index contributed by atoms with van der Waals surface area (Å²) < 4.78 is 5.24. The lowest BCUT2D eigenvalue weighted by Crippen LogP contribution is -2.52. The van der Waals surface area contributed by atoms with Crippen LogP contribution >= 0.6 is 0 Å². The fourth-order valence-corrected chi connectivity index (χ4v) is 5.22. The number of amides is 1. The quantitative estimate of drug-likeness (QED) is 0.638. The molecular formula is C25H45N5O2. The molecule has 0 saturated carbocycles. The van der Waals surface area contributed by atoms with Crippen molar-refractivity contribution >= 4 is 5.91 Å². The topological polar surface area (TPSA) is 63.5 Å². The lowest BCUT2D eigenvalue weighted by atomic mass is 9.83. The summed E-state index contributed by atoms with van der Waals surface area (Å²) in [7, 11) is 0. The number of ether oxygens (including phenoxy) is 1. The van der Waals surface area contributed by atoms with Gasteiger partial charge in [0, 0.05) is 13.1 Å². The summed E-state index contributed by atoms with van der Waals surface area (Å²) >= 11 is 0. The molecule has 7 nitrogen and oxygen atoms in total. The fourth-order valence-electron chi connectivity index (χ4n) is 5.22. The predicted molar refractivity (Wildman–Crippen MR) is 127 cm³/mol. The van der Waals surface area contributed by atoms with Crippen LogP contribution in [0.25, 0.3) is 0 Å². The Kier molecular flexibility index (Phi) is 9.97. The zero-order valence-electron chi connectivity index (χ0n) is 20.8. The lowest BCUT2D eigenvalue weighted by Gasteiger charge is -2.42. The van der Waals surface area contributed by atoms with Gasteiger partial charge in [-0.3, -0.25) is 9.69 Å². The Bertz CT molecular complexity index is 635. The SMILES string of the molecule is CCC(C)C1CCN(C(=O)Cn2nccn2)CC1.CCC(C)C1CCN(C2COC2)CC1. The minimum Gasteiger partial charge on any atom is -0.378 e. The van der Waals surface area contributed by atoms with Crippen LogP contribution in [0, 0.1) is 23.7 Å². The number of hydrogen-bond donors (Lipinski definition) is 0. The number of carbonyl (C=O) groups excluding carboxylic acids is 1. The molecule has 0 spiro atoms. The number of likely N-dealkylation sites (tertiary alicyclic amines) is 2. The van der Waals surface area contributed by atoms with E-state index < -0.39 is 0 Å². The maximum atomic E-state index is 12.0. The van der Waals surface area contributed by atoms with Gasteiger partial charge in [-0.15, -0.1) is 0 Å². The number of carbonyl (C=O) groups is 1. The minimum atomic E-state index is 0.133. The Hall–Kier alpha value is -1.47. The van der Waals surface area contributed by atoms with Crippen molar-refractivity contribution < 1.29 is 9.53 Å². The van der Waals surface area contributed by atoms with Crippen LogP contribution in [0.1, 0.15) is 66.2 Å². The van der Waals surface area contributed by atoms with Crippen molar-refractivity contribution in [3.63, 3.8) is 0 Å². The molecule has 7 heteroatoms. The maximum Gasteiger partial charge on any atom is 0.246 e. The monoisotopic (exact) mass is 447 g/mol. The summed E-state index contributed by atoms with van der Waals surface area (Å²) in [6, 6.07) is 0.757. The molecule has 0 aliphatic carbocycles. The number of piperidine rings is 2. The van der Waals surface area contributed by atoms with Gasteiger partial charge in [0.15, 0.2) is 0 Å². The second-order valence-corrected chi connectivity index (χ2v) is 10.1. The Morgan fingerprint density at radius 3 is 1.84 bits per heavy atom. The van der Waals surface area contributed by atoms with Gasteiger partial charge in [-0.05, 0) is 62.4 Å². The van der Waals surface area contributed by atoms with E-state index in [9.17, 15) is 4.79 Å². The summed E-state index contributed by atoms with van der Waals surface area (Å²) in [6.07, 6.45) is 10.9. The van der Waals surface area contributed by atoms with Gasteiger partial charge in [0.1, 0.15) is 6.54 Å². The van der Waals surface area contributed by atoms with Crippen molar-refractivity contribution in [1.29, 1.82) is 0 Å². The van der Waals surface area contributed by atoms with Crippen LogP contribution < -0.4 is 0 Å². The molecular weight excluding hydrogens is 402 g/mol. The largest absolute Gasteiger partial charge is 0.378 e. The van der Waals surface area contributed by atoms with Crippen LogP contribution in [0.15, 0.2) is 12.4 Å². The van der Waals surface area contributed by atoms with Gasteiger partial charge in [0.2, 0.25) is 5.91 Å². The molecule has 4 rings (SSSR count). The summed E-state index contributed by atoms with van der Waals surface area (Å²) in [6.45, 7) is 15.9. The van der Waals surface area contributed by atoms with Crippen molar-refractivity contribution in [3.8, 4) is 0 Å². The molecule has 1 aromatic heterocycles. The van der Waals surface area contributed by atoms with Crippen LogP contribution in [-0.2, 0) is 16.1 Å². The highest BCUT2D eigenvalue weighted by Gasteiger charge is 2.30. The van der Waals surface area contributed by atoms with E-state index >= 15 is 0 Å². The number of hydrogen-bond acceptors (Lipinski definition) is 5. The van der Waals surface area contributed by atoms with E-state index in [1.165, 1.54) is 43.6 Å². The number of nitrogens with zero attached hydrogens (tertiary/aromatic N) is 5. The normalized spacial score (nSPS) is 23.2. The van der Waals surface area contributed by atoms with Gasteiger partial charge < -0.3 is 9.64 Å². The molecule has 3 saturated heterocycles. The standard InChI is InChI=1S/C13H22N4O.C12H23NO/c1-3-11(2)12-4-8-16(9-5-12)13(18)10-17-14-6-7-15-17;1-3-10(2)11-4-6-13(7-5-11)12-8-14-9-12/h6-7,11-12H,3-5,8-10H2,1-2H3;10-12H,3-9H2,1-2H3. The Morgan fingerprint density at radius 1 is 0.906 bits per heavy atom. The van der Waals surface area contributed by atoms with E-state index in [-0.39, 0.29) is 12.5 Å². The molecule has 3 fully saturated rings. The highest BCUT2D eigenvalue weighted by atomic mass is 16.5. The van der Waals surface area contributed by atoms with Gasteiger partial charge in [-0.2, -0.15) is 15.0 Å². The predicted octanol–water partition coefficient (Wildman–Crippen LogP) is 3.71. The number of rotatable bonds is 7. The van der Waals surface area contributed by atoms with Gasteiger partial charge in [-0.1, -0.05) is 40.5 Å². The summed E-state index contributed by atoms with van der Waals surface area (Å²) in [5.74, 6) is 3.60. The third-order valence-electron chi connectivity index (χ3n) is 8.24. The van der Waals surface area contributed by atoms with E-state index in [1.54, 1.807) is 12.4 Å². The average Bonchev–Trinajstić information content (AvgIpc) is 3.31. The fraction of sp³-hybridized carbons (Fsp3) is 0.880. The Morgan fingerprint density at radius 2 is 1.41 bits per heavy atom. The first-order chi connectivity index (χ1) is 15.5. The summed E-state index contributed by atoms with van der Waals surface area (Å²) in [4.78, 5) is 18.1. The molecule has 2 atom stereocenters. The van der Waals surface area contributed by atoms with E-state index in [2.05, 4.69) is 42.8 Å². The van der Waals surface area contributed by atoms with Crippen LogP contribution in [0.2, 0.25) is 0 Å². The third-order valence-corrected chi connectivity index (χ3v) is 8.24. The van der Waals surface area contributed by atoms with Crippen molar-refractivity contribution in [2.75, 3.05) is 39.4 Å². The molecule has 0 bridgehead atoms. The van der Waals surface area contributed by atoms with Crippen LogP contribution in [0.3, 0.4) is 0 Å². The first-order valence-corrected chi connectivity index (χ1v) is 12.9. The molecule has 0 aromatic carbocycles. The third kappa shape index (κ3) is 7.01. The maximum absolute atomic E-state index is 12.0. The van der Waals surface area contributed by atoms with Crippen LogP contribution in [0.4, 0.5) is 0 Å². The summed E-state index contributed by atoms with van der Waals surface area (Å²) in [5, 5.41) is 7.93. The molecule has 0 radical (unpaired) electrons. The van der Waals surface area contributed by atoms with Crippen molar-refractivity contribution in [2.24, 2.45) is 23.7 Å². The molecule has 32 heavy (non-hydrogen) atoms. The van der Waals surface area contributed by atoms with Crippen LogP contribution in [-0.4, -0.2) is 76.1 Å². The zero-order valence-corrected chi connectivity index (χ0v) is 20.8. The summed E-state index contributed by atoms with van der Waals surface area (Å²) in [5.41, 5.74) is 0. The average molecular weight is 448 g/mol. The van der Waals surface area contributed by atoms with E-state index in [4.69, 9.17) is 4.74 Å². The molecule has 1 aromatic rings. The van der Waals surface area contributed by atoms with E-state index in [1.807, 2.05) is 4.90 Å². The van der Waals surface area contributed by atoms with Crippen molar-refractivity contribution in [2.45, 2.75) is 78.8 Å². The molecule has 2 unspecified atom stereocenters. The van der Waals surface area contributed by atoms with Gasteiger partial charge in [0.05, 0.1) is 31.6 Å². The first-order valence-electron chi connectivity index (χ1n) is 12.9. The Balaban J connectivity index is 0.000000186. The first kappa shape index (κ1) is 25.2.